The number of phosphoric ester groups is 1. The van der Waals surface area contributed by atoms with Gasteiger partial charge in [-0.2, -0.15) is 0 Å². The van der Waals surface area contributed by atoms with Crippen molar-refractivity contribution in [2.75, 3.05) is 13.6 Å². The number of phosphoric acid groups is 1. The largest absolute Gasteiger partial charge is 0.476 e. The molecule has 0 saturated heterocycles. The van der Waals surface area contributed by atoms with Crippen molar-refractivity contribution in [3.05, 3.63) is 0 Å². The van der Waals surface area contributed by atoms with E-state index in [1.54, 1.807) is 0 Å². The van der Waals surface area contributed by atoms with Gasteiger partial charge >= 0.3 is 7.82 Å². The minimum absolute atomic E-state index is 0. The molecule has 0 aromatic carbocycles. The molecule has 0 aliphatic carbocycles. The summed E-state index contributed by atoms with van der Waals surface area (Å²) in [6.45, 7) is -1.85. The van der Waals surface area contributed by atoms with Gasteiger partial charge in [0.1, 0.15) is 0 Å². The van der Waals surface area contributed by atoms with Gasteiger partial charge < -0.3 is 15.1 Å². The summed E-state index contributed by atoms with van der Waals surface area (Å²) in [4.78, 5) is 8.31. The molecule has 0 saturated carbocycles. The first-order valence-electron chi connectivity index (χ1n) is 1.96. The van der Waals surface area contributed by atoms with Gasteiger partial charge in [-0.05, 0) is 0 Å². The van der Waals surface area contributed by atoms with Crippen LogP contribution in [0.25, 0.3) is 0 Å². The monoisotopic (exact) mass is 222 g/mol. The van der Waals surface area contributed by atoms with Crippen LogP contribution in [0.3, 0.4) is 0 Å². The number of hydrogen-bond donors (Lipinski definition) is 3. The molecule has 10 heavy (non-hydrogen) atoms. The molecule has 0 heterocycles. The van der Waals surface area contributed by atoms with Crippen molar-refractivity contribution >= 4 is 7.82 Å². The minimum Gasteiger partial charge on any atom is -0.370 e. The van der Waals surface area contributed by atoms with Gasteiger partial charge in [-0.15, -0.1) is 0 Å². The second-order valence-corrected chi connectivity index (χ2v) is 2.44. The Morgan fingerprint density at radius 2 is 1.50 bits per heavy atom. The maximum Gasteiger partial charge on any atom is 0.476 e. The van der Waals surface area contributed by atoms with E-state index in [4.69, 9.17) is 15.1 Å². The summed E-state index contributed by atoms with van der Waals surface area (Å²) in [7, 11) is -4.19. The number of rotatable bonds is 4. The molecule has 0 bridgehead atoms. The Hall–Kier alpha value is 0.653. The van der Waals surface area contributed by atoms with Crippen molar-refractivity contribution in [1.29, 1.82) is 0 Å². The van der Waals surface area contributed by atoms with Crippen molar-refractivity contribution in [2.45, 2.75) is 0 Å². The van der Waals surface area contributed by atoms with E-state index in [0.29, 0.717) is 0 Å². The zero-order valence-electron chi connectivity index (χ0n) is 5.13. The third-order valence-corrected chi connectivity index (χ3v) is 1.33. The van der Waals surface area contributed by atoms with Gasteiger partial charge in [-0.1, -0.05) is 0 Å². The Kier molecular flexibility index (Phi) is 8.44. The van der Waals surface area contributed by atoms with Crippen LogP contribution < -0.4 is 0 Å². The Bertz CT molecular complexity index is 106. The van der Waals surface area contributed by atoms with Gasteiger partial charge in [0, 0.05) is 19.5 Å². The average molecular weight is 223 g/mol. The van der Waals surface area contributed by atoms with Crippen LogP contribution in [0.4, 0.5) is 0 Å². The predicted molar refractivity (Wildman–Crippen MR) is 26.2 cm³/mol. The van der Waals surface area contributed by atoms with E-state index in [-0.39, 0.29) is 19.5 Å². The number of hydrogen-bond acceptors (Lipinski definition) is 5. The van der Waals surface area contributed by atoms with Crippen LogP contribution in [-0.4, -0.2) is 28.7 Å². The molecule has 58 valence electrons. The Labute approximate surface area is 70.1 Å². The molecule has 3 N–H and O–H groups in total. The zero-order chi connectivity index (χ0) is 7.33. The van der Waals surface area contributed by atoms with Gasteiger partial charge in [0.2, 0.25) is 0 Å². The van der Waals surface area contributed by atoms with Crippen molar-refractivity contribution in [1.82, 2.24) is 0 Å². The molecule has 0 aliphatic rings. The van der Waals surface area contributed by atoms with Crippen LogP contribution in [-0.2, 0) is 33.1 Å². The van der Waals surface area contributed by atoms with E-state index in [1.807, 2.05) is 0 Å². The molecule has 0 radical (unpaired) electrons. The molecule has 0 aliphatic heterocycles. The van der Waals surface area contributed by atoms with E-state index < -0.39 is 21.4 Å². The fourth-order valence-electron chi connectivity index (χ4n) is 0.183. The molecule has 8 heteroatoms. The zero-order valence-corrected chi connectivity index (χ0v) is 9.00. The van der Waals surface area contributed by atoms with Crippen molar-refractivity contribution < 1.29 is 48.2 Å². The maximum atomic E-state index is 10.2. The SMILES string of the molecule is O=P(O)(OCO)OCO.[Zn]. The van der Waals surface area contributed by atoms with Crippen LogP contribution in [0.15, 0.2) is 0 Å². The fourth-order valence-corrected chi connectivity index (χ4v) is 0.550. The van der Waals surface area contributed by atoms with Crippen LogP contribution in [0.2, 0.25) is 0 Å². The second-order valence-electron chi connectivity index (χ2n) is 0.985. The van der Waals surface area contributed by atoms with Gasteiger partial charge in [0.15, 0.2) is 13.6 Å². The van der Waals surface area contributed by atoms with Gasteiger partial charge in [0.25, 0.3) is 0 Å². The van der Waals surface area contributed by atoms with Gasteiger partial charge in [-0.25, -0.2) is 4.57 Å². The summed E-state index contributed by atoms with van der Waals surface area (Å²) >= 11 is 0. The van der Waals surface area contributed by atoms with Crippen molar-refractivity contribution in [3.8, 4) is 0 Å². The molecule has 0 fully saturated rings. The average Bonchev–Trinajstić information content (AvgIpc) is 1.64. The first-order chi connectivity index (χ1) is 4.12. The van der Waals surface area contributed by atoms with Gasteiger partial charge in [-0.3, -0.25) is 9.05 Å². The Morgan fingerprint density at radius 1 is 1.20 bits per heavy atom. The van der Waals surface area contributed by atoms with Crippen molar-refractivity contribution in [2.24, 2.45) is 0 Å². The standard InChI is InChI=1S/C2H7O6P.Zn/c3-1-7-9(5,6)8-2-4;/h3-4H,1-2H2,(H,5,6);. The summed E-state index contributed by atoms with van der Waals surface area (Å²) in [5.41, 5.74) is 0. The van der Waals surface area contributed by atoms with E-state index in [1.165, 1.54) is 0 Å². The minimum atomic E-state index is -4.19. The Morgan fingerprint density at radius 3 is 1.70 bits per heavy atom. The number of aliphatic hydroxyl groups excluding tert-OH is 2. The molecular formula is C2H7O6PZn. The third kappa shape index (κ3) is 6.77. The molecule has 0 amide bonds. The summed E-state index contributed by atoms with van der Waals surface area (Å²) in [5, 5.41) is 15.8. The van der Waals surface area contributed by atoms with Crippen molar-refractivity contribution in [3.63, 3.8) is 0 Å². The predicted octanol–water partition coefficient (Wildman–Crippen LogP) is -0.983. The maximum absolute atomic E-state index is 10.2. The Balaban J connectivity index is 0. The molecule has 0 atom stereocenters. The molecule has 0 unspecified atom stereocenters. The van der Waals surface area contributed by atoms with E-state index in [9.17, 15) is 4.57 Å². The van der Waals surface area contributed by atoms with Gasteiger partial charge in [0.05, 0.1) is 0 Å². The third-order valence-electron chi connectivity index (χ3n) is 0.442. The number of aliphatic hydroxyl groups is 2. The van der Waals surface area contributed by atoms with E-state index in [2.05, 4.69) is 9.05 Å². The molecular weight excluding hydrogens is 216 g/mol. The van der Waals surface area contributed by atoms with Crippen LogP contribution in [0.5, 0.6) is 0 Å². The summed E-state index contributed by atoms with van der Waals surface area (Å²) < 4.78 is 17.7. The van der Waals surface area contributed by atoms with E-state index in [0.717, 1.165) is 0 Å². The molecule has 0 aromatic heterocycles. The topological polar surface area (TPSA) is 96.2 Å². The quantitative estimate of drug-likeness (QED) is 0.322. The summed E-state index contributed by atoms with van der Waals surface area (Å²) in [6, 6.07) is 0. The first-order valence-corrected chi connectivity index (χ1v) is 3.45. The van der Waals surface area contributed by atoms with Crippen LogP contribution in [0, 0.1) is 0 Å². The van der Waals surface area contributed by atoms with E-state index >= 15 is 0 Å². The normalized spacial score (nSPS) is 10.7. The first kappa shape index (κ1) is 13.3. The summed E-state index contributed by atoms with van der Waals surface area (Å²) in [6.07, 6.45) is 0. The molecule has 0 aromatic rings. The molecule has 0 spiro atoms. The second kappa shape index (κ2) is 6.37. The smallest absolute Gasteiger partial charge is 0.370 e. The fraction of sp³-hybridized carbons (Fsp3) is 1.00. The summed E-state index contributed by atoms with van der Waals surface area (Å²) in [5.74, 6) is 0. The molecule has 6 nitrogen and oxygen atoms in total. The molecule has 0 rings (SSSR count). The van der Waals surface area contributed by atoms with Crippen LogP contribution >= 0.6 is 7.82 Å². The van der Waals surface area contributed by atoms with Crippen LogP contribution in [0.1, 0.15) is 0 Å².